The van der Waals surface area contributed by atoms with Crippen molar-refractivity contribution < 1.29 is 14.0 Å². The monoisotopic (exact) mass is 698 g/mol. The van der Waals surface area contributed by atoms with Crippen molar-refractivity contribution >= 4 is 51.9 Å². The summed E-state index contributed by atoms with van der Waals surface area (Å²) in [5.74, 6) is -0.663. The second kappa shape index (κ2) is 12.0. The highest BCUT2D eigenvalue weighted by molar-refractivity contribution is 8.18. The van der Waals surface area contributed by atoms with Crippen LogP contribution in [0, 0.1) is 11.7 Å². The molecule has 1 saturated carbocycles. The lowest BCUT2D eigenvalue weighted by atomic mass is 9.81. The SMILES string of the molecule is CC[C@@H]1CC[C@@H](C(=O)N2C[C@@H](C)NC3(CC3)C2)N1C(=O)C1=C(C(C)C)N2C(=N[C@@](C)(c3ccc(Cl)nc3)[C@H]2c2ccc(Cl)c(F)c2)S1. The quantitative estimate of drug-likeness (QED) is 0.331. The van der Waals surface area contributed by atoms with Crippen LogP contribution in [0.4, 0.5) is 4.39 Å². The number of aliphatic imine (C=N–C) groups is 1. The number of likely N-dealkylation sites (tertiary alicyclic amines) is 1. The van der Waals surface area contributed by atoms with E-state index in [0.29, 0.717) is 40.3 Å². The third-order valence-electron chi connectivity index (χ3n) is 10.5. The molecule has 2 saturated heterocycles. The molecule has 5 atom stereocenters. The zero-order valence-corrected chi connectivity index (χ0v) is 29.7. The molecule has 5 heterocycles. The summed E-state index contributed by atoms with van der Waals surface area (Å²) in [6.45, 7) is 11.7. The average molecular weight is 700 g/mol. The summed E-state index contributed by atoms with van der Waals surface area (Å²) in [5.41, 5.74) is 1.48. The van der Waals surface area contributed by atoms with E-state index >= 15 is 4.39 Å². The summed E-state index contributed by atoms with van der Waals surface area (Å²) >= 11 is 13.6. The summed E-state index contributed by atoms with van der Waals surface area (Å²) in [6.07, 6.45) is 6.08. The maximum Gasteiger partial charge on any atom is 0.263 e. The standard InChI is InChI=1S/C35H41Cl2FN6O2S/c1-6-23-9-11-26(31(45)42-17-20(4)40-35(18-42)13-14-35)43(23)32(46)29-28(19(2)3)44-30(21-7-10-24(36)25(38)15-21)34(5,41-33(44)47-29)22-8-12-27(37)39-16-22/h7-8,10,12,15-16,19-20,23,26,30,40H,6,9,11,13-14,17-18H2,1-5H3/t20-,23-,26+,30-,34+/m1/s1. The number of benzene rings is 1. The van der Waals surface area contributed by atoms with Crippen LogP contribution in [0.5, 0.6) is 0 Å². The molecule has 7 rings (SSSR count). The van der Waals surface area contributed by atoms with Gasteiger partial charge in [0.1, 0.15) is 27.5 Å². The van der Waals surface area contributed by atoms with Gasteiger partial charge in [0, 0.05) is 48.2 Å². The molecule has 3 fully saturated rings. The van der Waals surface area contributed by atoms with Crippen molar-refractivity contribution in [2.24, 2.45) is 10.9 Å². The van der Waals surface area contributed by atoms with Crippen LogP contribution < -0.4 is 5.32 Å². The summed E-state index contributed by atoms with van der Waals surface area (Å²) < 4.78 is 15.0. The van der Waals surface area contributed by atoms with Gasteiger partial charge in [-0.05, 0) is 87.4 Å². The molecule has 8 nitrogen and oxygen atoms in total. The average Bonchev–Trinajstić information content (AvgIpc) is 3.35. The van der Waals surface area contributed by atoms with Gasteiger partial charge in [0.15, 0.2) is 5.17 Å². The number of nitrogens with one attached hydrogen (secondary N) is 1. The van der Waals surface area contributed by atoms with Crippen molar-refractivity contribution in [1.82, 2.24) is 25.0 Å². The molecular weight excluding hydrogens is 658 g/mol. The van der Waals surface area contributed by atoms with Crippen LogP contribution >= 0.6 is 35.0 Å². The van der Waals surface area contributed by atoms with Crippen molar-refractivity contribution in [1.29, 1.82) is 0 Å². The van der Waals surface area contributed by atoms with Crippen LogP contribution in [0.25, 0.3) is 0 Å². The Balaban J connectivity index is 1.28. The number of halogens is 3. The van der Waals surface area contributed by atoms with Gasteiger partial charge in [0.2, 0.25) is 5.91 Å². The molecule has 0 unspecified atom stereocenters. The first-order chi connectivity index (χ1) is 22.4. The Kier molecular flexibility index (Phi) is 8.42. The Morgan fingerprint density at radius 1 is 1.17 bits per heavy atom. The minimum absolute atomic E-state index is 0.0304. The van der Waals surface area contributed by atoms with Gasteiger partial charge in [-0.3, -0.25) is 9.59 Å². The van der Waals surface area contributed by atoms with E-state index in [1.54, 1.807) is 18.3 Å². The number of nitrogens with zero attached hydrogens (tertiary/aromatic N) is 5. The number of hydrogen-bond acceptors (Lipinski definition) is 7. The molecule has 1 aromatic carbocycles. The molecular formula is C35H41Cl2FN6O2S. The number of amides is 2. The molecule has 1 spiro atoms. The summed E-state index contributed by atoms with van der Waals surface area (Å²) in [4.78, 5) is 45.2. The van der Waals surface area contributed by atoms with Crippen LogP contribution in [-0.2, 0) is 15.1 Å². The predicted molar refractivity (Wildman–Crippen MR) is 185 cm³/mol. The van der Waals surface area contributed by atoms with Gasteiger partial charge in [-0.15, -0.1) is 0 Å². The van der Waals surface area contributed by atoms with Crippen LogP contribution in [0.15, 0.2) is 52.1 Å². The zero-order chi connectivity index (χ0) is 33.4. The fourth-order valence-corrected chi connectivity index (χ4v) is 9.73. The van der Waals surface area contributed by atoms with E-state index in [-0.39, 0.29) is 40.4 Å². The van der Waals surface area contributed by atoms with Gasteiger partial charge in [-0.25, -0.2) is 14.4 Å². The lowest BCUT2D eigenvalue weighted by molar-refractivity contribution is -0.144. The topological polar surface area (TPSA) is 81.1 Å². The molecule has 2 amide bonds. The maximum absolute atomic E-state index is 15.0. The molecule has 4 aliphatic heterocycles. The van der Waals surface area contributed by atoms with Gasteiger partial charge in [-0.2, -0.15) is 0 Å². The summed E-state index contributed by atoms with van der Waals surface area (Å²) in [7, 11) is 0. The number of allylic oxidation sites excluding steroid dienone is 1. The minimum atomic E-state index is -0.870. The number of amidine groups is 1. The van der Waals surface area contributed by atoms with E-state index in [0.717, 1.165) is 36.9 Å². The third kappa shape index (κ3) is 5.57. The second-order valence-electron chi connectivity index (χ2n) is 14.2. The number of aromatic nitrogens is 1. The van der Waals surface area contributed by atoms with E-state index in [1.807, 2.05) is 28.9 Å². The molecule has 1 aromatic heterocycles. The largest absolute Gasteiger partial charge is 0.338 e. The highest BCUT2D eigenvalue weighted by atomic mass is 35.5. The van der Waals surface area contributed by atoms with E-state index in [1.165, 1.54) is 17.8 Å². The van der Waals surface area contributed by atoms with Crippen molar-refractivity contribution in [3.63, 3.8) is 0 Å². The van der Waals surface area contributed by atoms with E-state index in [9.17, 15) is 9.59 Å². The molecule has 47 heavy (non-hydrogen) atoms. The van der Waals surface area contributed by atoms with Crippen LogP contribution in [-0.4, -0.2) is 73.4 Å². The molecule has 1 aliphatic carbocycles. The third-order valence-corrected chi connectivity index (χ3v) is 12.1. The second-order valence-corrected chi connectivity index (χ2v) is 16.0. The molecule has 5 aliphatic rings. The number of pyridine rings is 1. The molecule has 0 bridgehead atoms. The molecule has 0 radical (unpaired) electrons. The Hall–Kier alpha value is -2.66. The smallest absolute Gasteiger partial charge is 0.263 e. The number of fused-ring (bicyclic) bond motifs is 1. The fourth-order valence-electron chi connectivity index (χ4n) is 8.15. The lowest BCUT2D eigenvalue weighted by Crippen LogP contribution is -2.61. The van der Waals surface area contributed by atoms with Crippen LogP contribution in [0.3, 0.4) is 0 Å². The molecule has 2 aromatic rings. The number of rotatable bonds is 6. The number of carbonyl (C=O) groups is 2. The highest BCUT2D eigenvalue weighted by Gasteiger charge is 2.55. The first kappa shape index (κ1) is 32.9. The number of piperazine rings is 1. The normalized spacial score (nSPS) is 29.6. The Morgan fingerprint density at radius 3 is 2.57 bits per heavy atom. The van der Waals surface area contributed by atoms with E-state index in [2.05, 4.69) is 42.9 Å². The lowest BCUT2D eigenvalue weighted by Gasteiger charge is -2.41. The maximum atomic E-state index is 15.0. The Labute approximate surface area is 290 Å². The molecule has 250 valence electrons. The summed E-state index contributed by atoms with van der Waals surface area (Å²) in [6, 6.07) is 7.66. The van der Waals surface area contributed by atoms with Crippen molar-refractivity contribution in [2.75, 3.05) is 13.1 Å². The van der Waals surface area contributed by atoms with Gasteiger partial charge in [0.25, 0.3) is 5.91 Å². The summed E-state index contributed by atoms with van der Waals surface area (Å²) in [5, 5.41) is 4.75. The first-order valence-corrected chi connectivity index (χ1v) is 18.2. The number of carbonyl (C=O) groups excluding carboxylic acids is 2. The fraction of sp³-hybridized carbons (Fsp3) is 0.543. The predicted octanol–water partition coefficient (Wildman–Crippen LogP) is 6.89. The minimum Gasteiger partial charge on any atom is -0.338 e. The Bertz CT molecular complexity index is 1680. The van der Waals surface area contributed by atoms with Crippen LogP contribution in [0.2, 0.25) is 10.2 Å². The van der Waals surface area contributed by atoms with Gasteiger partial charge in [-0.1, -0.05) is 56.1 Å². The first-order valence-electron chi connectivity index (χ1n) is 16.6. The molecule has 12 heteroatoms. The van der Waals surface area contributed by atoms with Crippen LogP contribution in [0.1, 0.15) is 83.9 Å². The van der Waals surface area contributed by atoms with Crippen molar-refractivity contribution in [3.05, 3.63) is 74.3 Å². The Morgan fingerprint density at radius 2 is 1.94 bits per heavy atom. The molecule has 1 N–H and O–H groups in total. The number of hydrogen-bond donors (Lipinski definition) is 1. The van der Waals surface area contributed by atoms with E-state index < -0.39 is 23.4 Å². The zero-order valence-electron chi connectivity index (χ0n) is 27.4. The van der Waals surface area contributed by atoms with E-state index in [4.69, 9.17) is 28.2 Å². The van der Waals surface area contributed by atoms with Crippen molar-refractivity contribution in [3.8, 4) is 0 Å². The van der Waals surface area contributed by atoms with Crippen molar-refractivity contribution in [2.45, 2.75) is 102 Å². The van der Waals surface area contributed by atoms with Gasteiger partial charge >= 0.3 is 0 Å². The number of thioether (sulfide) groups is 1. The van der Waals surface area contributed by atoms with Gasteiger partial charge < -0.3 is 20.0 Å². The highest BCUT2D eigenvalue weighted by Crippen LogP contribution is 2.56. The van der Waals surface area contributed by atoms with Gasteiger partial charge in [0.05, 0.1) is 11.1 Å².